The van der Waals surface area contributed by atoms with Crippen molar-refractivity contribution in [3.8, 4) is 0 Å². The van der Waals surface area contributed by atoms with Crippen LogP contribution in [0.3, 0.4) is 0 Å². The molecule has 0 aliphatic carbocycles. The molecular formula is C22H14S. The van der Waals surface area contributed by atoms with E-state index in [1.807, 2.05) is 17.4 Å². The van der Waals surface area contributed by atoms with Crippen molar-refractivity contribution in [2.24, 2.45) is 0 Å². The molecule has 5 aromatic rings. The maximum Gasteiger partial charge on any atom is 0.0368 e. The third-order valence-corrected chi connectivity index (χ3v) is 5.72. The average molecular weight is 310 g/mol. The summed E-state index contributed by atoms with van der Waals surface area (Å²) in [6.45, 7) is 4.00. The van der Waals surface area contributed by atoms with Crippen LogP contribution >= 0.6 is 11.3 Å². The summed E-state index contributed by atoms with van der Waals surface area (Å²) in [7, 11) is 0. The van der Waals surface area contributed by atoms with Crippen LogP contribution in [0, 0.1) is 0 Å². The second-order valence-corrected chi connectivity index (χ2v) is 6.93. The standard InChI is InChI=1S/C22H14S/c1-2-14-13-20-22(18-10-6-5-8-16(14)18)21-17-9-4-3-7-15(17)11-12-19(21)23-20/h2-13H,1H2. The van der Waals surface area contributed by atoms with Gasteiger partial charge in [-0.2, -0.15) is 0 Å². The highest BCUT2D eigenvalue weighted by atomic mass is 32.1. The Hall–Kier alpha value is -2.64. The average Bonchev–Trinajstić information content (AvgIpc) is 3.00. The van der Waals surface area contributed by atoms with E-state index in [1.54, 1.807) is 0 Å². The van der Waals surface area contributed by atoms with Crippen LogP contribution in [0.5, 0.6) is 0 Å². The Morgan fingerprint density at radius 2 is 1.39 bits per heavy atom. The predicted molar refractivity (Wildman–Crippen MR) is 104 cm³/mol. The van der Waals surface area contributed by atoms with Crippen LogP contribution < -0.4 is 0 Å². The summed E-state index contributed by atoms with van der Waals surface area (Å²) in [5.41, 5.74) is 1.21. The lowest BCUT2D eigenvalue weighted by molar-refractivity contribution is 1.79. The highest BCUT2D eigenvalue weighted by Gasteiger charge is 2.13. The molecule has 108 valence electrons. The van der Waals surface area contributed by atoms with Crippen LogP contribution in [0.25, 0.3) is 47.8 Å². The van der Waals surface area contributed by atoms with Crippen molar-refractivity contribution < 1.29 is 0 Å². The Balaban J connectivity index is 2.16. The number of fused-ring (bicyclic) bond motifs is 7. The van der Waals surface area contributed by atoms with E-state index in [2.05, 4.69) is 73.3 Å². The summed E-state index contributed by atoms with van der Waals surface area (Å²) >= 11 is 1.87. The van der Waals surface area contributed by atoms with Crippen LogP contribution in [-0.2, 0) is 0 Å². The molecule has 1 heteroatoms. The molecule has 0 aliphatic heterocycles. The largest absolute Gasteiger partial charge is 0.135 e. The molecule has 0 spiro atoms. The van der Waals surface area contributed by atoms with E-state index in [1.165, 1.54) is 47.3 Å². The van der Waals surface area contributed by atoms with Crippen molar-refractivity contribution in [2.75, 3.05) is 0 Å². The molecule has 0 fully saturated rings. The first-order valence-corrected chi connectivity index (χ1v) is 8.56. The summed E-state index contributed by atoms with van der Waals surface area (Å²) in [4.78, 5) is 0. The fourth-order valence-corrected chi connectivity index (χ4v) is 4.78. The molecule has 0 nitrogen and oxygen atoms in total. The molecule has 1 heterocycles. The zero-order valence-corrected chi connectivity index (χ0v) is 13.4. The van der Waals surface area contributed by atoms with Crippen molar-refractivity contribution >= 4 is 59.1 Å². The Kier molecular flexibility index (Phi) is 2.61. The molecule has 0 aliphatic rings. The van der Waals surface area contributed by atoms with Crippen LogP contribution in [0.2, 0.25) is 0 Å². The first-order valence-electron chi connectivity index (χ1n) is 7.75. The monoisotopic (exact) mass is 310 g/mol. The van der Waals surface area contributed by atoms with Gasteiger partial charge in [-0.3, -0.25) is 0 Å². The summed E-state index contributed by atoms with van der Waals surface area (Å²) in [6.07, 6.45) is 1.96. The quantitative estimate of drug-likeness (QED) is 0.312. The van der Waals surface area contributed by atoms with Gasteiger partial charge in [0.05, 0.1) is 0 Å². The van der Waals surface area contributed by atoms with Gasteiger partial charge in [0.2, 0.25) is 0 Å². The lowest BCUT2D eigenvalue weighted by Crippen LogP contribution is -1.80. The molecular weight excluding hydrogens is 296 g/mol. The van der Waals surface area contributed by atoms with Crippen molar-refractivity contribution in [1.29, 1.82) is 0 Å². The van der Waals surface area contributed by atoms with Crippen LogP contribution in [-0.4, -0.2) is 0 Å². The second-order valence-electron chi connectivity index (χ2n) is 5.85. The summed E-state index contributed by atoms with van der Waals surface area (Å²) in [5.74, 6) is 0. The minimum absolute atomic E-state index is 1.21. The first-order chi connectivity index (χ1) is 11.4. The molecule has 1 aromatic heterocycles. The zero-order valence-electron chi connectivity index (χ0n) is 12.5. The van der Waals surface area contributed by atoms with E-state index in [-0.39, 0.29) is 0 Å². The zero-order chi connectivity index (χ0) is 15.4. The maximum absolute atomic E-state index is 4.00. The van der Waals surface area contributed by atoms with Crippen LogP contribution in [0.1, 0.15) is 5.56 Å². The Morgan fingerprint density at radius 1 is 0.696 bits per heavy atom. The van der Waals surface area contributed by atoms with E-state index in [9.17, 15) is 0 Å². The molecule has 5 rings (SSSR count). The van der Waals surface area contributed by atoms with Gasteiger partial charge in [0, 0.05) is 20.2 Å². The fourth-order valence-electron chi connectivity index (χ4n) is 3.60. The Morgan fingerprint density at radius 3 is 2.22 bits per heavy atom. The minimum atomic E-state index is 1.21. The summed E-state index contributed by atoms with van der Waals surface area (Å²) in [5, 5.41) is 8.01. The van der Waals surface area contributed by atoms with Crippen molar-refractivity contribution in [2.45, 2.75) is 0 Å². The minimum Gasteiger partial charge on any atom is -0.135 e. The Labute approximate surface area is 138 Å². The van der Waals surface area contributed by atoms with E-state index < -0.39 is 0 Å². The van der Waals surface area contributed by atoms with Gasteiger partial charge >= 0.3 is 0 Å². The number of benzene rings is 4. The third-order valence-electron chi connectivity index (χ3n) is 4.62. The first kappa shape index (κ1) is 12.9. The highest BCUT2D eigenvalue weighted by molar-refractivity contribution is 7.26. The van der Waals surface area contributed by atoms with Gasteiger partial charge in [0.25, 0.3) is 0 Å². The van der Waals surface area contributed by atoms with E-state index >= 15 is 0 Å². The molecule has 0 radical (unpaired) electrons. The van der Waals surface area contributed by atoms with E-state index in [0.29, 0.717) is 0 Å². The summed E-state index contributed by atoms with van der Waals surface area (Å²) in [6, 6.07) is 24.1. The van der Waals surface area contributed by atoms with E-state index in [0.717, 1.165) is 0 Å². The van der Waals surface area contributed by atoms with Gasteiger partial charge in [0.15, 0.2) is 0 Å². The number of thiophene rings is 1. The van der Waals surface area contributed by atoms with Crippen LogP contribution in [0.4, 0.5) is 0 Å². The molecule has 0 saturated carbocycles. The predicted octanol–water partition coefficient (Wildman–Crippen LogP) is 7.00. The molecule has 0 atom stereocenters. The van der Waals surface area contributed by atoms with Gasteiger partial charge in [-0.05, 0) is 39.2 Å². The normalized spacial score (nSPS) is 11.7. The molecule has 23 heavy (non-hydrogen) atoms. The van der Waals surface area contributed by atoms with Gasteiger partial charge < -0.3 is 0 Å². The third kappa shape index (κ3) is 1.71. The lowest BCUT2D eigenvalue weighted by atomic mass is 9.97. The molecule has 0 amide bonds. The lowest BCUT2D eigenvalue weighted by Gasteiger charge is -2.06. The van der Waals surface area contributed by atoms with Gasteiger partial charge in [0.1, 0.15) is 0 Å². The smallest absolute Gasteiger partial charge is 0.0368 e. The molecule has 0 unspecified atom stereocenters. The maximum atomic E-state index is 4.00. The molecule has 0 saturated heterocycles. The second kappa shape index (κ2) is 4.68. The topological polar surface area (TPSA) is 0 Å². The fraction of sp³-hybridized carbons (Fsp3) is 0. The van der Waals surface area contributed by atoms with Crippen molar-refractivity contribution in [3.63, 3.8) is 0 Å². The van der Waals surface area contributed by atoms with Crippen LogP contribution in [0.15, 0.2) is 73.3 Å². The molecule has 0 bridgehead atoms. The van der Waals surface area contributed by atoms with E-state index in [4.69, 9.17) is 0 Å². The summed E-state index contributed by atoms with van der Waals surface area (Å²) < 4.78 is 2.69. The molecule has 0 N–H and O–H groups in total. The van der Waals surface area contributed by atoms with Gasteiger partial charge in [-0.15, -0.1) is 11.3 Å². The SMILES string of the molecule is C=Cc1cc2sc3ccc4ccccc4c3c2c2ccccc12. The number of rotatable bonds is 1. The number of hydrogen-bond acceptors (Lipinski definition) is 1. The number of hydrogen-bond donors (Lipinski definition) is 0. The Bertz CT molecular complexity index is 1220. The molecule has 4 aromatic carbocycles. The van der Waals surface area contributed by atoms with Crippen molar-refractivity contribution in [1.82, 2.24) is 0 Å². The highest BCUT2D eigenvalue weighted by Crippen LogP contribution is 2.43. The van der Waals surface area contributed by atoms with Gasteiger partial charge in [-0.1, -0.05) is 67.3 Å². The van der Waals surface area contributed by atoms with Gasteiger partial charge in [-0.25, -0.2) is 0 Å². The van der Waals surface area contributed by atoms with Crippen molar-refractivity contribution in [3.05, 3.63) is 78.9 Å².